The van der Waals surface area contributed by atoms with Crippen LogP contribution in [0.5, 0.6) is 0 Å². The molecule has 98 valence electrons. The van der Waals surface area contributed by atoms with Crippen LogP contribution in [0.3, 0.4) is 0 Å². The largest absolute Gasteiger partial charge is 0.396 e. The topological polar surface area (TPSA) is 69.6 Å². The average molecular weight is 252 g/mol. The van der Waals surface area contributed by atoms with Gasteiger partial charge in [-0.25, -0.2) is 12.7 Å². The van der Waals surface area contributed by atoms with E-state index in [0.717, 1.165) is 19.5 Å². The molecule has 0 aromatic rings. The van der Waals surface area contributed by atoms with Gasteiger partial charge in [0.15, 0.2) is 0 Å². The van der Waals surface area contributed by atoms with Gasteiger partial charge in [-0.3, -0.25) is 0 Å². The summed E-state index contributed by atoms with van der Waals surface area (Å²) < 4.78 is 24.0. The second-order valence-electron chi connectivity index (χ2n) is 4.10. The third kappa shape index (κ3) is 7.16. The van der Waals surface area contributed by atoms with Gasteiger partial charge >= 0.3 is 0 Å². The molecule has 0 radical (unpaired) electrons. The normalized spacial score (nSPS) is 14.3. The highest BCUT2D eigenvalue weighted by Gasteiger charge is 2.12. The lowest BCUT2D eigenvalue weighted by Gasteiger charge is -2.18. The van der Waals surface area contributed by atoms with Crippen molar-refractivity contribution in [3.8, 4) is 0 Å². The fourth-order valence-corrected chi connectivity index (χ4v) is 2.28. The number of aliphatic hydroxyl groups excluding tert-OH is 1. The summed E-state index contributed by atoms with van der Waals surface area (Å²) in [5.74, 6) is 0.247. The Hall–Kier alpha value is -0.170. The molecule has 0 aliphatic rings. The summed E-state index contributed by atoms with van der Waals surface area (Å²) in [6, 6.07) is 0. The van der Waals surface area contributed by atoms with Crippen LogP contribution in [0.4, 0.5) is 0 Å². The van der Waals surface area contributed by atoms with Crippen LogP contribution in [-0.2, 0) is 10.0 Å². The second kappa shape index (κ2) is 8.00. The first-order valence-electron chi connectivity index (χ1n) is 5.68. The summed E-state index contributed by atoms with van der Waals surface area (Å²) in [6.45, 7) is 6.58. The Balaban J connectivity index is 3.65. The van der Waals surface area contributed by atoms with Gasteiger partial charge in [-0.1, -0.05) is 13.8 Å². The second-order valence-corrected chi connectivity index (χ2v) is 6.08. The molecule has 5 nitrogen and oxygen atoms in total. The Labute approximate surface area is 98.9 Å². The van der Waals surface area contributed by atoms with Gasteiger partial charge in [0.2, 0.25) is 10.0 Å². The Morgan fingerprint density at radius 1 is 1.44 bits per heavy atom. The Morgan fingerprint density at radius 3 is 2.50 bits per heavy atom. The molecule has 1 unspecified atom stereocenters. The summed E-state index contributed by atoms with van der Waals surface area (Å²) in [6.07, 6.45) is 2.02. The van der Waals surface area contributed by atoms with Gasteiger partial charge in [0, 0.05) is 19.7 Å². The molecule has 0 bridgehead atoms. The molecule has 0 saturated carbocycles. The van der Waals surface area contributed by atoms with E-state index in [4.69, 9.17) is 5.11 Å². The van der Waals surface area contributed by atoms with Crippen molar-refractivity contribution in [3.63, 3.8) is 0 Å². The molecule has 0 amide bonds. The van der Waals surface area contributed by atoms with E-state index in [1.807, 2.05) is 13.8 Å². The first kappa shape index (κ1) is 15.8. The van der Waals surface area contributed by atoms with Crippen LogP contribution in [0.1, 0.15) is 20.3 Å². The standard InChI is InChI=1S/C10H24N2O3S/c1-4-12(16(3,14)15)7-5-6-11-8-10(2)9-13/h10-11,13H,4-9H2,1-3H3. The molecule has 1 atom stereocenters. The van der Waals surface area contributed by atoms with Gasteiger partial charge in [0.05, 0.1) is 6.26 Å². The van der Waals surface area contributed by atoms with Gasteiger partial charge in [-0.2, -0.15) is 0 Å². The van der Waals surface area contributed by atoms with E-state index in [-0.39, 0.29) is 12.5 Å². The van der Waals surface area contributed by atoms with Crippen LogP contribution in [0.2, 0.25) is 0 Å². The van der Waals surface area contributed by atoms with E-state index in [9.17, 15) is 8.42 Å². The van der Waals surface area contributed by atoms with Gasteiger partial charge < -0.3 is 10.4 Å². The molecule has 0 heterocycles. The van der Waals surface area contributed by atoms with Gasteiger partial charge in [-0.05, 0) is 25.4 Å². The van der Waals surface area contributed by atoms with Crippen LogP contribution >= 0.6 is 0 Å². The van der Waals surface area contributed by atoms with Crippen LogP contribution < -0.4 is 5.32 Å². The molecule has 0 rings (SSSR count). The number of hydrogen-bond donors (Lipinski definition) is 2. The number of rotatable bonds is 9. The molecular weight excluding hydrogens is 228 g/mol. The van der Waals surface area contributed by atoms with Gasteiger partial charge in [0.25, 0.3) is 0 Å². The molecule has 0 aromatic heterocycles. The van der Waals surface area contributed by atoms with Crippen molar-refractivity contribution in [1.29, 1.82) is 0 Å². The predicted molar refractivity (Wildman–Crippen MR) is 65.8 cm³/mol. The first-order valence-corrected chi connectivity index (χ1v) is 7.53. The molecule has 0 fully saturated rings. The smallest absolute Gasteiger partial charge is 0.211 e. The zero-order valence-electron chi connectivity index (χ0n) is 10.4. The van der Waals surface area contributed by atoms with Gasteiger partial charge in [-0.15, -0.1) is 0 Å². The summed E-state index contributed by atoms with van der Waals surface area (Å²) >= 11 is 0. The summed E-state index contributed by atoms with van der Waals surface area (Å²) in [5.41, 5.74) is 0. The molecular formula is C10H24N2O3S. The van der Waals surface area contributed by atoms with E-state index in [2.05, 4.69) is 5.32 Å². The minimum Gasteiger partial charge on any atom is -0.396 e. The zero-order valence-corrected chi connectivity index (χ0v) is 11.3. The predicted octanol–water partition coefficient (Wildman–Crippen LogP) is -0.124. The maximum atomic E-state index is 11.3. The number of nitrogens with zero attached hydrogens (tertiary/aromatic N) is 1. The van der Waals surface area contributed by atoms with Crippen LogP contribution in [0, 0.1) is 5.92 Å². The van der Waals surface area contributed by atoms with Crippen molar-refractivity contribution in [2.75, 3.05) is 39.0 Å². The fourth-order valence-electron chi connectivity index (χ4n) is 1.35. The lowest BCUT2D eigenvalue weighted by molar-refractivity contribution is 0.233. The first-order chi connectivity index (χ1) is 7.41. The quantitative estimate of drug-likeness (QED) is 0.561. The van der Waals surface area contributed by atoms with E-state index < -0.39 is 10.0 Å². The number of sulfonamides is 1. The van der Waals surface area contributed by atoms with Gasteiger partial charge in [0.1, 0.15) is 0 Å². The molecule has 0 saturated heterocycles. The van der Waals surface area contributed by atoms with Crippen LogP contribution in [-0.4, -0.2) is 56.9 Å². The highest BCUT2D eigenvalue weighted by Crippen LogP contribution is 1.98. The minimum atomic E-state index is -3.06. The van der Waals surface area contributed by atoms with Crippen molar-refractivity contribution in [1.82, 2.24) is 9.62 Å². The molecule has 16 heavy (non-hydrogen) atoms. The number of hydrogen-bond acceptors (Lipinski definition) is 4. The van der Waals surface area contributed by atoms with E-state index in [1.165, 1.54) is 10.6 Å². The molecule has 0 aliphatic heterocycles. The molecule has 0 aliphatic carbocycles. The summed E-state index contributed by atoms with van der Waals surface area (Å²) in [7, 11) is -3.06. The van der Waals surface area contributed by atoms with Crippen molar-refractivity contribution in [2.45, 2.75) is 20.3 Å². The van der Waals surface area contributed by atoms with Crippen molar-refractivity contribution >= 4 is 10.0 Å². The Bertz CT molecular complexity index is 267. The average Bonchev–Trinajstić information content (AvgIpc) is 2.20. The van der Waals surface area contributed by atoms with Crippen molar-refractivity contribution < 1.29 is 13.5 Å². The summed E-state index contributed by atoms with van der Waals surface area (Å²) in [5, 5.41) is 12.0. The number of aliphatic hydroxyl groups is 1. The highest BCUT2D eigenvalue weighted by molar-refractivity contribution is 7.88. The maximum Gasteiger partial charge on any atom is 0.211 e. The third-order valence-corrected chi connectivity index (χ3v) is 3.77. The summed E-state index contributed by atoms with van der Waals surface area (Å²) in [4.78, 5) is 0. The number of nitrogens with one attached hydrogen (secondary N) is 1. The lowest BCUT2D eigenvalue weighted by atomic mass is 10.2. The maximum absolute atomic E-state index is 11.3. The van der Waals surface area contributed by atoms with Crippen LogP contribution in [0.25, 0.3) is 0 Å². The SMILES string of the molecule is CCN(CCCNCC(C)CO)S(C)(=O)=O. The lowest BCUT2D eigenvalue weighted by Crippen LogP contribution is -2.33. The monoisotopic (exact) mass is 252 g/mol. The Morgan fingerprint density at radius 2 is 2.06 bits per heavy atom. The highest BCUT2D eigenvalue weighted by atomic mass is 32.2. The van der Waals surface area contributed by atoms with E-state index in [0.29, 0.717) is 13.1 Å². The molecule has 2 N–H and O–H groups in total. The molecule has 0 aromatic carbocycles. The fraction of sp³-hybridized carbons (Fsp3) is 1.00. The molecule has 6 heteroatoms. The van der Waals surface area contributed by atoms with Crippen LogP contribution in [0.15, 0.2) is 0 Å². The third-order valence-electron chi connectivity index (χ3n) is 2.39. The van der Waals surface area contributed by atoms with Crippen molar-refractivity contribution in [2.24, 2.45) is 5.92 Å². The van der Waals surface area contributed by atoms with Crippen molar-refractivity contribution in [3.05, 3.63) is 0 Å². The zero-order chi connectivity index (χ0) is 12.6. The molecule has 0 spiro atoms. The van der Waals surface area contributed by atoms with E-state index >= 15 is 0 Å². The van der Waals surface area contributed by atoms with E-state index in [1.54, 1.807) is 0 Å². The Kier molecular flexibility index (Phi) is 7.91. The minimum absolute atomic E-state index is 0.178.